The van der Waals surface area contributed by atoms with Crippen LogP contribution in [0.25, 0.3) is 0 Å². The lowest BCUT2D eigenvalue weighted by molar-refractivity contribution is -0.141. The number of hydrogen-bond acceptors (Lipinski definition) is 4. The molecule has 1 aliphatic heterocycles. The molecule has 0 aliphatic carbocycles. The third-order valence-electron chi connectivity index (χ3n) is 3.37. The van der Waals surface area contributed by atoms with E-state index in [-0.39, 0.29) is 5.92 Å². The van der Waals surface area contributed by atoms with E-state index < -0.39 is 11.9 Å². The summed E-state index contributed by atoms with van der Waals surface area (Å²) >= 11 is 0. The Morgan fingerprint density at radius 3 is 2.72 bits per heavy atom. The third-order valence-corrected chi connectivity index (χ3v) is 3.37. The minimum Gasteiger partial charge on any atom is -0.497 e. The SMILES string of the molecule is COc1ccc([C@@H]2CNC[C@H]2C(=O)O)c(OC)c1. The zero-order valence-corrected chi connectivity index (χ0v) is 10.5. The van der Waals surface area contributed by atoms with E-state index in [1.165, 1.54) is 0 Å². The van der Waals surface area contributed by atoms with Crippen molar-refractivity contribution in [1.82, 2.24) is 5.32 Å². The number of carboxylic acids is 1. The van der Waals surface area contributed by atoms with E-state index in [2.05, 4.69) is 5.32 Å². The Hall–Kier alpha value is -1.75. The fourth-order valence-electron chi connectivity index (χ4n) is 2.39. The molecule has 0 aromatic heterocycles. The summed E-state index contributed by atoms with van der Waals surface area (Å²) in [5.41, 5.74) is 0.913. The lowest BCUT2D eigenvalue weighted by atomic mass is 9.88. The van der Waals surface area contributed by atoms with Crippen molar-refractivity contribution >= 4 is 5.97 Å². The molecule has 2 rings (SSSR count). The molecule has 1 fully saturated rings. The first-order valence-electron chi connectivity index (χ1n) is 5.82. The van der Waals surface area contributed by atoms with Crippen LogP contribution < -0.4 is 14.8 Å². The van der Waals surface area contributed by atoms with Crippen molar-refractivity contribution in [2.45, 2.75) is 5.92 Å². The first kappa shape index (κ1) is 12.7. The average molecular weight is 251 g/mol. The normalized spacial score (nSPS) is 22.8. The van der Waals surface area contributed by atoms with E-state index in [9.17, 15) is 9.90 Å². The third kappa shape index (κ3) is 2.26. The zero-order valence-electron chi connectivity index (χ0n) is 10.5. The van der Waals surface area contributed by atoms with E-state index >= 15 is 0 Å². The van der Waals surface area contributed by atoms with Gasteiger partial charge in [0.05, 0.1) is 20.1 Å². The maximum Gasteiger partial charge on any atom is 0.308 e. The van der Waals surface area contributed by atoms with Crippen LogP contribution >= 0.6 is 0 Å². The second-order valence-corrected chi connectivity index (χ2v) is 4.32. The Labute approximate surface area is 106 Å². The van der Waals surface area contributed by atoms with E-state index in [0.29, 0.717) is 24.6 Å². The lowest BCUT2D eigenvalue weighted by Crippen LogP contribution is -2.21. The van der Waals surface area contributed by atoms with Crippen molar-refractivity contribution < 1.29 is 19.4 Å². The topological polar surface area (TPSA) is 67.8 Å². The Morgan fingerprint density at radius 2 is 2.11 bits per heavy atom. The van der Waals surface area contributed by atoms with Gasteiger partial charge < -0.3 is 19.9 Å². The zero-order chi connectivity index (χ0) is 13.1. The lowest BCUT2D eigenvalue weighted by Gasteiger charge is -2.18. The maximum absolute atomic E-state index is 11.2. The number of nitrogens with one attached hydrogen (secondary N) is 1. The Bertz CT molecular complexity index is 447. The standard InChI is InChI=1S/C13H17NO4/c1-17-8-3-4-9(12(5-8)18-2)10-6-14-7-11(10)13(15)16/h3-5,10-11,14H,6-7H2,1-2H3,(H,15,16)/t10-,11+/m0/s1. The minimum absolute atomic E-state index is 0.0663. The van der Waals surface area contributed by atoms with Gasteiger partial charge >= 0.3 is 5.97 Å². The molecule has 2 N–H and O–H groups in total. The molecular weight excluding hydrogens is 234 g/mol. The summed E-state index contributed by atoms with van der Waals surface area (Å²) in [6.07, 6.45) is 0. The highest BCUT2D eigenvalue weighted by Crippen LogP contribution is 2.36. The molecular formula is C13H17NO4. The molecule has 5 heteroatoms. The molecule has 1 heterocycles. The highest BCUT2D eigenvalue weighted by Gasteiger charge is 2.35. The molecule has 0 bridgehead atoms. The van der Waals surface area contributed by atoms with Crippen LogP contribution in [0.1, 0.15) is 11.5 Å². The first-order chi connectivity index (χ1) is 8.67. The fraction of sp³-hybridized carbons (Fsp3) is 0.462. The van der Waals surface area contributed by atoms with Gasteiger partial charge in [-0.2, -0.15) is 0 Å². The summed E-state index contributed by atoms with van der Waals surface area (Å²) in [4.78, 5) is 11.2. The van der Waals surface area contributed by atoms with Crippen molar-refractivity contribution in [3.8, 4) is 11.5 Å². The van der Waals surface area contributed by atoms with Gasteiger partial charge in [0.15, 0.2) is 0 Å². The molecule has 1 aromatic rings. The summed E-state index contributed by atoms with van der Waals surface area (Å²) in [6.45, 7) is 1.15. The summed E-state index contributed by atoms with van der Waals surface area (Å²) in [5.74, 6) is 0.126. The molecule has 1 aromatic carbocycles. The maximum atomic E-state index is 11.2. The van der Waals surface area contributed by atoms with E-state index in [0.717, 1.165) is 5.56 Å². The van der Waals surface area contributed by atoms with Crippen LogP contribution in [0.3, 0.4) is 0 Å². The molecule has 1 saturated heterocycles. The first-order valence-corrected chi connectivity index (χ1v) is 5.82. The van der Waals surface area contributed by atoms with Crippen LogP contribution in [-0.4, -0.2) is 38.4 Å². The van der Waals surface area contributed by atoms with Crippen molar-refractivity contribution in [3.05, 3.63) is 23.8 Å². The molecule has 0 spiro atoms. The van der Waals surface area contributed by atoms with Gasteiger partial charge in [0, 0.05) is 25.1 Å². The minimum atomic E-state index is -0.775. The number of aliphatic carboxylic acids is 1. The van der Waals surface area contributed by atoms with Gasteiger partial charge in [-0.15, -0.1) is 0 Å². The van der Waals surface area contributed by atoms with Crippen molar-refractivity contribution in [1.29, 1.82) is 0 Å². The number of rotatable bonds is 4. The van der Waals surface area contributed by atoms with E-state index in [1.54, 1.807) is 20.3 Å². The monoisotopic (exact) mass is 251 g/mol. The Morgan fingerprint density at radius 1 is 1.33 bits per heavy atom. The Kier molecular flexibility index (Phi) is 3.72. The van der Waals surface area contributed by atoms with Gasteiger partial charge in [0.1, 0.15) is 11.5 Å². The van der Waals surface area contributed by atoms with Crippen LogP contribution in [0, 0.1) is 5.92 Å². The number of carboxylic acid groups (broad SMARTS) is 1. The molecule has 0 unspecified atom stereocenters. The second-order valence-electron chi connectivity index (χ2n) is 4.32. The van der Waals surface area contributed by atoms with Crippen LogP contribution in [0.4, 0.5) is 0 Å². The highest BCUT2D eigenvalue weighted by atomic mass is 16.5. The van der Waals surface area contributed by atoms with Gasteiger partial charge in [-0.3, -0.25) is 4.79 Å². The predicted molar refractivity (Wildman–Crippen MR) is 66.3 cm³/mol. The largest absolute Gasteiger partial charge is 0.497 e. The molecule has 1 aliphatic rings. The summed E-state index contributed by atoms with van der Waals surface area (Å²) in [5, 5.41) is 12.3. The summed E-state index contributed by atoms with van der Waals surface area (Å²) in [7, 11) is 3.17. The number of hydrogen-bond donors (Lipinski definition) is 2. The molecule has 0 saturated carbocycles. The fourth-order valence-corrected chi connectivity index (χ4v) is 2.39. The van der Waals surface area contributed by atoms with E-state index in [1.807, 2.05) is 12.1 Å². The van der Waals surface area contributed by atoms with Crippen molar-refractivity contribution in [2.24, 2.45) is 5.92 Å². The Balaban J connectivity index is 2.35. The van der Waals surface area contributed by atoms with Gasteiger partial charge in [0.2, 0.25) is 0 Å². The van der Waals surface area contributed by atoms with Gasteiger partial charge in [-0.1, -0.05) is 6.07 Å². The molecule has 2 atom stereocenters. The molecule has 0 radical (unpaired) electrons. The van der Waals surface area contributed by atoms with Crippen LogP contribution in [0.2, 0.25) is 0 Å². The van der Waals surface area contributed by atoms with Crippen molar-refractivity contribution in [3.63, 3.8) is 0 Å². The summed E-state index contributed by atoms with van der Waals surface area (Å²) < 4.78 is 10.5. The van der Waals surface area contributed by atoms with Gasteiger partial charge in [-0.05, 0) is 11.6 Å². The summed E-state index contributed by atoms with van der Waals surface area (Å²) in [6, 6.07) is 5.49. The van der Waals surface area contributed by atoms with Crippen molar-refractivity contribution in [2.75, 3.05) is 27.3 Å². The van der Waals surface area contributed by atoms with Gasteiger partial charge in [-0.25, -0.2) is 0 Å². The number of benzene rings is 1. The number of methoxy groups -OCH3 is 2. The predicted octanol–water partition coefficient (Wildman–Crippen LogP) is 1.09. The number of ether oxygens (including phenoxy) is 2. The number of carbonyl (C=O) groups is 1. The van der Waals surface area contributed by atoms with Crippen LogP contribution in [0.5, 0.6) is 11.5 Å². The molecule has 98 valence electrons. The average Bonchev–Trinajstić information content (AvgIpc) is 2.87. The highest BCUT2D eigenvalue weighted by molar-refractivity contribution is 5.72. The quantitative estimate of drug-likeness (QED) is 0.838. The smallest absolute Gasteiger partial charge is 0.308 e. The van der Waals surface area contributed by atoms with Crippen LogP contribution in [-0.2, 0) is 4.79 Å². The van der Waals surface area contributed by atoms with E-state index in [4.69, 9.17) is 9.47 Å². The van der Waals surface area contributed by atoms with Gasteiger partial charge in [0.25, 0.3) is 0 Å². The van der Waals surface area contributed by atoms with Crippen LogP contribution in [0.15, 0.2) is 18.2 Å². The molecule has 5 nitrogen and oxygen atoms in total. The molecule has 18 heavy (non-hydrogen) atoms. The molecule has 0 amide bonds. The second kappa shape index (κ2) is 5.27.